The number of fused-ring (bicyclic) bond motifs is 13. The molecule has 9 aromatic rings. The first-order chi connectivity index (χ1) is 21.8. The van der Waals surface area contributed by atoms with Gasteiger partial charge in [0.05, 0.1) is 5.41 Å². The van der Waals surface area contributed by atoms with Crippen molar-refractivity contribution in [1.82, 2.24) is 0 Å². The fraction of sp³-hybridized carbons (Fsp3) is 0.0233. The third-order valence-electron chi connectivity index (χ3n) is 10.5. The van der Waals surface area contributed by atoms with Gasteiger partial charge in [-0.05, 0) is 89.0 Å². The molecular formula is C43H24S. The number of hydrogen-bond donors (Lipinski definition) is 0. The second-order valence-electron chi connectivity index (χ2n) is 12.3. The smallest absolute Gasteiger partial charge is 0.0725 e. The molecule has 1 aromatic heterocycles. The summed E-state index contributed by atoms with van der Waals surface area (Å²) in [4.78, 5) is 0. The monoisotopic (exact) mass is 572 g/mol. The third kappa shape index (κ3) is 2.59. The molecule has 0 aliphatic heterocycles. The second-order valence-corrected chi connectivity index (χ2v) is 13.4. The molecule has 11 rings (SSSR count). The Kier molecular flexibility index (Phi) is 4.24. The maximum absolute atomic E-state index is 2.46. The number of thiophene rings is 1. The summed E-state index contributed by atoms with van der Waals surface area (Å²) in [6.45, 7) is 0. The molecule has 0 N–H and O–H groups in total. The van der Waals surface area contributed by atoms with Gasteiger partial charge < -0.3 is 0 Å². The highest BCUT2D eigenvalue weighted by Crippen LogP contribution is 2.63. The molecule has 44 heavy (non-hydrogen) atoms. The van der Waals surface area contributed by atoms with E-state index in [1.807, 2.05) is 11.3 Å². The van der Waals surface area contributed by atoms with E-state index < -0.39 is 0 Å². The molecule has 0 fully saturated rings. The van der Waals surface area contributed by atoms with Crippen molar-refractivity contribution in [2.45, 2.75) is 5.41 Å². The number of hydrogen-bond acceptors (Lipinski definition) is 1. The van der Waals surface area contributed by atoms with E-state index in [-0.39, 0.29) is 5.41 Å². The lowest BCUT2D eigenvalue weighted by atomic mass is 9.70. The van der Waals surface area contributed by atoms with Crippen molar-refractivity contribution in [2.75, 3.05) is 0 Å². The molecule has 202 valence electrons. The lowest BCUT2D eigenvalue weighted by Crippen LogP contribution is -2.25. The van der Waals surface area contributed by atoms with Crippen LogP contribution in [0.3, 0.4) is 0 Å². The summed E-state index contributed by atoms with van der Waals surface area (Å²) in [6, 6.07) is 55.0. The van der Waals surface area contributed by atoms with Crippen LogP contribution < -0.4 is 0 Å². The largest absolute Gasteiger partial charge is 0.135 e. The van der Waals surface area contributed by atoms with Crippen molar-refractivity contribution < 1.29 is 0 Å². The molecule has 0 unspecified atom stereocenters. The van der Waals surface area contributed by atoms with E-state index in [2.05, 4.69) is 146 Å². The van der Waals surface area contributed by atoms with Crippen LogP contribution in [0, 0.1) is 0 Å². The second kappa shape index (κ2) is 8.02. The Hall–Kier alpha value is -5.24. The van der Waals surface area contributed by atoms with Gasteiger partial charge in [-0.2, -0.15) is 0 Å². The van der Waals surface area contributed by atoms with Gasteiger partial charge in [0.1, 0.15) is 0 Å². The van der Waals surface area contributed by atoms with Crippen LogP contribution in [0.15, 0.2) is 146 Å². The fourth-order valence-electron chi connectivity index (χ4n) is 8.82. The molecule has 2 aliphatic carbocycles. The van der Waals surface area contributed by atoms with Gasteiger partial charge >= 0.3 is 0 Å². The molecule has 2 aliphatic rings. The molecule has 0 radical (unpaired) electrons. The van der Waals surface area contributed by atoms with Crippen molar-refractivity contribution in [3.05, 3.63) is 168 Å². The van der Waals surface area contributed by atoms with Crippen LogP contribution in [0.25, 0.3) is 74.7 Å². The molecule has 0 atom stereocenters. The van der Waals surface area contributed by atoms with Crippen LogP contribution >= 0.6 is 11.3 Å². The predicted octanol–water partition coefficient (Wildman–Crippen LogP) is 11.9. The first-order valence-corrected chi connectivity index (χ1v) is 16.2. The van der Waals surface area contributed by atoms with E-state index in [1.165, 1.54) is 97.0 Å². The number of rotatable bonds is 1. The van der Waals surface area contributed by atoms with Crippen molar-refractivity contribution in [3.8, 4) is 22.3 Å². The van der Waals surface area contributed by atoms with Crippen LogP contribution in [0.5, 0.6) is 0 Å². The van der Waals surface area contributed by atoms with Crippen LogP contribution in [-0.2, 0) is 5.41 Å². The van der Waals surface area contributed by atoms with Crippen molar-refractivity contribution in [3.63, 3.8) is 0 Å². The number of benzene rings is 8. The highest BCUT2D eigenvalue weighted by Gasteiger charge is 2.50. The van der Waals surface area contributed by atoms with Gasteiger partial charge in [0.25, 0.3) is 0 Å². The van der Waals surface area contributed by atoms with Gasteiger partial charge in [-0.3, -0.25) is 0 Å². The average molecular weight is 573 g/mol. The molecule has 1 heterocycles. The zero-order valence-corrected chi connectivity index (χ0v) is 24.6. The van der Waals surface area contributed by atoms with Crippen LogP contribution in [0.1, 0.15) is 22.3 Å². The van der Waals surface area contributed by atoms with E-state index in [0.717, 1.165) is 0 Å². The minimum absolute atomic E-state index is 0.308. The molecule has 0 bridgehead atoms. The summed E-state index contributed by atoms with van der Waals surface area (Å²) in [5.74, 6) is 0. The summed E-state index contributed by atoms with van der Waals surface area (Å²) >= 11 is 1.91. The predicted molar refractivity (Wildman–Crippen MR) is 188 cm³/mol. The molecule has 0 amide bonds. The quantitative estimate of drug-likeness (QED) is 0.172. The molecule has 0 saturated heterocycles. The fourth-order valence-corrected chi connectivity index (χ4v) is 10.1. The highest BCUT2D eigenvalue weighted by molar-refractivity contribution is 7.26. The Balaban J connectivity index is 1.27. The Bertz CT molecular complexity index is 2680. The van der Waals surface area contributed by atoms with Gasteiger partial charge in [-0.15, -0.1) is 11.3 Å². The van der Waals surface area contributed by atoms with Crippen LogP contribution in [-0.4, -0.2) is 0 Å². The normalized spacial score (nSPS) is 14.1. The summed E-state index contributed by atoms with van der Waals surface area (Å²) in [6.07, 6.45) is 0. The van der Waals surface area contributed by atoms with E-state index in [1.54, 1.807) is 0 Å². The molecule has 1 heteroatoms. The summed E-state index contributed by atoms with van der Waals surface area (Å²) in [7, 11) is 0. The molecule has 0 nitrogen and oxygen atoms in total. The maximum Gasteiger partial charge on any atom is 0.0725 e. The van der Waals surface area contributed by atoms with Crippen molar-refractivity contribution in [2.24, 2.45) is 0 Å². The Morgan fingerprint density at radius 1 is 0.364 bits per heavy atom. The van der Waals surface area contributed by atoms with E-state index in [4.69, 9.17) is 0 Å². The summed E-state index contributed by atoms with van der Waals surface area (Å²) in [5.41, 5.74) is 10.6. The summed E-state index contributed by atoms with van der Waals surface area (Å²) in [5, 5.41) is 10.9. The van der Waals surface area contributed by atoms with Gasteiger partial charge in [-0.25, -0.2) is 0 Å². The third-order valence-corrected chi connectivity index (χ3v) is 11.7. The first kappa shape index (κ1) is 23.2. The standard InChI is InChI=1S/C43H24S/c1-4-17-35-28(10-1)29-11-2-5-18-36(29)43(35)37-19-8-14-31-27-23-22-25(24-34(27)32-15-9-20-38(43)41(32)40(31)37)26-13-7-16-33-30-12-3-6-21-39(30)44-42(26)33/h1-24H. The van der Waals surface area contributed by atoms with Gasteiger partial charge in [0.15, 0.2) is 0 Å². The van der Waals surface area contributed by atoms with Crippen LogP contribution in [0.4, 0.5) is 0 Å². The zero-order chi connectivity index (χ0) is 28.6. The Morgan fingerprint density at radius 3 is 1.66 bits per heavy atom. The Morgan fingerprint density at radius 2 is 0.909 bits per heavy atom. The van der Waals surface area contributed by atoms with E-state index >= 15 is 0 Å². The Labute approximate surface area is 258 Å². The van der Waals surface area contributed by atoms with Crippen molar-refractivity contribution in [1.29, 1.82) is 0 Å². The zero-order valence-electron chi connectivity index (χ0n) is 23.8. The minimum atomic E-state index is -0.308. The maximum atomic E-state index is 2.46. The molecule has 8 aromatic carbocycles. The molecular weight excluding hydrogens is 549 g/mol. The molecule has 0 saturated carbocycles. The SMILES string of the molecule is c1ccc2c(c1)-c1ccccc1C21c2cccc3c4ccc(-c5cccc6c5sc5ccccc56)cc4c4cccc1c4c23. The lowest BCUT2D eigenvalue weighted by molar-refractivity contribution is 0.797. The molecule has 1 spiro atoms. The topological polar surface area (TPSA) is 0 Å². The van der Waals surface area contributed by atoms with Crippen LogP contribution in [0.2, 0.25) is 0 Å². The summed E-state index contributed by atoms with van der Waals surface area (Å²) < 4.78 is 2.71. The minimum Gasteiger partial charge on any atom is -0.135 e. The van der Waals surface area contributed by atoms with E-state index in [9.17, 15) is 0 Å². The average Bonchev–Trinajstić information content (AvgIpc) is 3.72. The van der Waals surface area contributed by atoms with Crippen molar-refractivity contribution >= 4 is 63.8 Å². The highest BCUT2D eigenvalue weighted by atomic mass is 32.1. The van der Waals surface area contributed by atoms with Gasteiger partial charge in [-0.1, -0.05) is 133 Å². The van der Waals surface area contributed by atoms with E-state index in [0.29, 0.717) is 0 Å². The first-order valence-electron chi connectivity index (χ1n) is 15.4. The lowest BCUT2D eigenvalue weighted by Gasteiger charge is -2.30. The van der Waals surface area contributed by atoms with Gasteiger partial charge in [0.2, 0.25) is 0 Å². The van der Waals surface area contributed by atoms with Gasteiger partial charge in [0, 0.05) is 20.2 Å².